The number of carbonyl (C=O) groups excluding carboxylic acids is 1. The molecule has 74 valence electrons. The Kier molecular flexibility index (Phi) is 3.16. The van der Waals surface area contributed by atoms with Gasteiger partial charge in [-0.2, -0.15) is 0 Å². The lowest BCUT2D eigenvalue weighted by Crippen LogP contribution is -2.03. The lowest BCUT2D eigenvalue weighted by Gasteiger charge is -1.99. The fourth-order valence-corrected chi connectivity index (χ4v) is 1.76. The van der Waals surface area contributed by atoms with E-state index in [1.54, 1.807) is 6.08 Å². The molecule has 13 heavy (non-hydrogen) atoms. The lowest BCUT2D eigenvalue weighted by molar-refractivity contribution is 0.150. The van der Waals surface area contributed by atoms with Crippen molar-refractivity contribution in [2.24, 2.45) is 11.3 Å². The Morgan fingerprint density at radius 1 is 1.38 bits per heavy atom. The van der Waals surface area contributed by atoms with Crippen molar-refractivity contribution in [1.82, 2.24) is 0 Å². The molecule has 1 aliphatic carbocycles. The summed E-state index contributed by atoms with van der Waals surface area (Å²) in [6.45, 7) is 3.91. The van der Waals surface area contributed by atoms with Crippen LogP contribution in [0, 0.1) is 11.3 Å². The van der Waals surface area contributed by atoms with Crippen LogP contribution in [-0.2, 0) is 4.74 Å². The zero-order chi connectivity index (χ0) is 10.2. The quantitative estimate of drug-likeness (QED) is 0.691. The van der Waals surface area contributed by atoms with Crippen LogP contribution in [0.25, 0.3) is 0 Å². The third-order valence-electron chi connectivity index (χ3n) is 2.33. The highest BCUT2D eigenvalue weighted by molar-refractivity contribution is 6.61. The molecule has 5 heteroatoms. The molecule has 2 unspecified atom stereocenters. The number of hydrogen-bond acceptors (Lipinski definition) is 2. The van der Waals surface area contributed by atoms with Gasteiger partial charge in [-0.1, -0.05) is 37.0 Å². The fourth-order valence-electron chi connectivity index (χ4n) is 1.39. The first-order valence-electron chi connectivity index (χ1n) is 3.74. The predicted molar refractivity (Wildman–Crippen MR) is 53.2 cm³/mol. The Labute approximate surface area is 91.8 Å². The first kappa shape index (κ1) is 11.2. The van der Waals surface area contributed by atoms with Gasteiger partial charge in [0.15, 0.2) is 0 Å². The molecule has 0 saturated heterocycles. The third kappa shape index (κ3) is 2.52. The van der Waals surface area contributed by atoms with Gasteiger partial charge in [-0.25, -0.2) is 4.79 Å². The third-order valence-corrected chi connectivity index (χ3v) is 2.68. The molecular formula is C8H9Cl3O2. The highest BCUT2D eigenvalue weighted by atomic mass is 35.5. The molecule has 2 atom stereocenters. The molecule has 0 amide bonds. The van der Waals surface area contributed by atoms with Crippen LogP contribution < -0.4 is 0 Å². The number of hydrogen-bond donors (Lipinski definition) is 0. The highest BCUT2D eigenvalue weighted by Gasteiger charge is 2.59. The largest absolute Gasteiger partial charge is 0.449 e. The maximum atomic E-state index is 10.5. The minimum absolute atomic E-state index is 0.0557. The van der Waals surface area contributed by atoms with Crippen LogP contribution in [-0.4, -0.2) is 11.5 Å². The Balaban J connectivity index is 2.61. The molecule has 0 aliphatic heterocycles. The van der Waals surface area contributed by atoms with Crippen LogP contribution in [0.2, 0.25) is 0 Å². The molecule has 0 bridgehead atoms. The highest BCUT2D eigenvalue weighted by Crippen LogP contribution is 2.55. The van der Waals surface area contributed by atoms with Crippen molar-refractivity contribution >= 4 is 40.2 Å². The minimum atomic E-state index is -0.792. The van der Waals surface area contributed by atoms with E-state index >= 15 is 0 Å². The van der Waals surface area contributed by atoms with Crippen LogP contribution in [0.15, 0.2) is 10.6 Å². The summed E-state index contributed by atoms with van der Waals surface area (Å²) < 4.78 is 5.04. The Hall–Kier alpha value is 0.0800. The summed E-state index contributed by atoms with van der Waals surface area (Å²) in [4.78, 5) is 10.5. The molecule has 1 aliphatic rings. The summed E-state index contributed by atoms with van der Waals surface area (Å²) >= 11 is 16.1. The monoisotopic (exact) mass is 242 g/mol. The van der Waals surface area contributed by atoms with E-state index in [2.05, 4.69) is 0 Å². The van der Waals surface area contributed by atoms with E-state index in [0.717, 1.165) is 0 Å². The van der Waals surface area contributed by atoms with Gasteiger partial charge in [-0.3, -0.25) is 0 Å². The van der Waals surface area contributed by atoms with Gasteiger partial charge in [0.1, 0.15) is 10.6 Å². The summed E-state index contributed by atoms with van der Waals surface area (Å²) in [6.07, 6.45) is 1.44. The summed E-state index contributed by atoms with van der Waals surface area (Å²) in [5.41, 5.74) is -0.917. The average Bonchev–Trinajstić information content (AvgIpc) is 2.36. The molecule has 0 spiro atoms. The summed E-state index contributed by atoms with van der Waals surface area (Å²) in [5.74, 6) is 0.0557. The van der Waals surface area contributed by atoms with E-state index in [1.807, 2.05) is 13.8 Å². The van der Waals surface area contributed by atoms with Crippen molar-refractivity contribution < 1.29 is 9.53 Å². The van der Waals surface area contributed by atoms with Crippen LogP contribution >= 0.6 is 34.8 Å². The predicted octanol–water partition coefficient (Wildman–Crippen LogP) is 3.71. The van der Waals surface area contributed by atoms with E-state index in [4.69, 9.17) is 39.5 Å². The lowest BCUT2D eigenvalue weighted by atomic mass is 10.1. The molecule has 0 aromatic rings. The molecule has 1 saturated carbocycles. The standard InChI is InChI=1S/C8H9Cl3O2/c1-8(2)4(3-5(9)10)6(8)13-7(11)12/h3-4,6H,1-2H3. The summed E-state index contributed by atoms with van der Waals surface area (Å²) in [7, 11) is 0. The van der Waals surface area contributed by atoms with E-state index in [-0.39, 0.29) is 21.9 Å². The number of ether oxygens (including phenoxy) is 1. The van der Waals surface area contributed by atoms with Gasteiger partial charge in [-0.05, 0) is 6.08 Å². The van der Waals surface area contributed by atoms with Gasteiger partial charge in [-0.15, -0.1) is 0 Å². The SMILES string of the molecule is CC1(C)C(C=C(Cl)Cl)C1OC(=O)Cl. The second-order valence-electron chi connectivity index (χ2n) is 3.58. The van der Waals surface area contributed by atoms with Gasteiger partial charge >= 0.3 is 5.43 Å². The van der Waals surface area contributed by atoms with Gasteiger partial charge in [0, 0.05) is 22.9 Å². The molecule has 0 radical (unpaired) electrons. The molecular weight excluding hydrogens is 234 g/mol. The van der Waals surface area contributed by atoms with Gasteiger partial charge < -0.3 is 4.74 Å². The number of halogens is 3. The molecule has 0 N–H and O–H groups in total. The van der Waals surface area contributed by atoms with Crippen LogP contribution in [0.1, 0.15) is 13.8 Å². The maximum absolute atomic E-state index is 10.5. The Morgan fingerprint density at radius 3 is 2.31 bits per heavy atom. The van der Waals surface area contributed by atoms with Crippen molar-refractivity contribution in [2.45, 2.75) is 20.0 Å². The first-order chi connectivity index (χ1) is 5.85. The maximum Gasteiger partial charge on any atom is 0.404 e. The molecule has 0 aromatic heterocycles. The smallest absolute Gasteiger partial charge is 0.404 e. The van der Waals surface area contributed by atoms with Crippen molar-refractivity contribution in [3.8, 4) is 0 Å². The van der Waals surface area contributed by atoms with Crippen molar-refractivity contribution in [1.29, 1.82) is 0 Å². The topological polar surface area (TPSA) is 26.3 Å². The van der Waals surface area contributed by atoms with E-state index in [9.17, 15) is 4.79 Å². The van der Waals surface area contributed by atoms with Crippen molar-refractivity contribution in [2.75, 3.05) is 0 Å². The van der Waals surface area contributed by atoms with Gasteiger partial charge in [0.25, 0.3) is 0 Å². The van der Waals surface area contributed by atoms with E-state index < -0.39 is 5.43 Å². The molecule has 1 fully saturated rings. The van der Waals surface area contributed by atoms with Gasteiger partial charge in [0.2, 0.25) is 0 Å². The van der Waals surface area contributed by atoms with Crippen LogP contribution in [0.3, 0.4) is 0 Å². The zero-order valence-corrected chi connectivity index (χ0v) is 9.45. The van der Waals surface area contributed by atoms with E-state index in [0.29, 0.717) is 0 Å². The van der Waals surface area contributed by atoms with Crippen molar-refractivity contribution in [3.05, 3.63) is 10.6 Å². The van der Waals surface area contributed by atoms with Gasteiger partial charge in [0.05, 0.1) is 0 Å². The molecule has 2 nitrogen and oxygen atoms in total. The zero-order valence-electron chi connectivity index (χ0n) is 7.18. The fraction of sp³-hybridized carbons (Fsp3) is 0.625. The summed E-state index contributed by atoms with van der Waals surface area (Å²) in [5, 5.41) is 0. The average molecular weight is 244 g/mol. The first-order valence-corrected chi connectivity index (χ1v) is 4.88. The Morgan fingerprint density at radius 2 is 1.92 bits per heavy atom. The number of rotatable bonds is 2. The van der Waals surface area contributed by atoms with Crippen LogP contribution in [0.4, 0.5) is 4.79 Å². The summed E-state index contributed by atoms with van der Waals surface area (Å²) in [6, 6.07) is 0. The van der Waals surface area contributed by atoms with Crippen LogP contribution in [0.5, 0.6) is 0 Å². The second-order valence-corrected chi connectivity index (χ2v) is 4.90. The molecule has 0 heterocycles. The Bertz CT molecular complexity index is 256. The van der Waals surface area contributed by atoms with E-state index in [1.165, 1.54) is 0 Å². The van der Waals surface area contributed by atoms with Crippen molar-refractivity contribution in [3.63, 3.8) is 0 Å². The number of carbonyl (C=O) groups is 1. The second kappa shape index (κ2) is 3.68. The molecule has 1 rings (SSSR count). The molecule has 0 aromatic carbocycles. The minimum Gasteiger partial charge on any atom is -0.449 e. The normalized spacial score (nSPS) is 29.3.